The van der Waals surface area contributed by atoms with Gasteiger partial charge in [0.15, 0.2) is 5.82 Å². The van der Waals surface area contributed by atoms with Gasteiger partial charge in [0.25, 0.3) is 5.69 Å². The van der Waals surface area contributed by atoms with Gasteiger partial charge in [0.2, 0.25) is 0 Å². The molecule has 0 aliphatic carbocycles. The predicted molar refractivity (Wildman–Crippen MR) is 151 cm³/mol. The summed E-state index contributed by atoms with van der Waals surface area (Å²) < 4.78 is 0. The molecule has 0 amide bonds. The van der Waals surface area contributed by atoms with E-state index in [4.69, 9.17) is 16.6 Å². The van der Waals surface area contributed by atoms with Crippen molar-refractivity contribution in [2.75, 3.05) is 25.0 Å². The van der Waals surface area contributed by atoms with Crippen LogP contribution in [0.3, 0.4) is 0 Å². The fourth-order valence-electron chi connectivity index (χ4n) is 3.75. The van der Waals surface area contributed by atoms with Gasteiger partial charge in [-0.05, 0) is 49.4 Å². The van der Waals surface area contributed by atoms with E-state index in [2.05, 4.69) is 36.0 Å². The van der Waals surface area contributed by atoms with Gasteiger partial charge in [0.1, 0.15) is 5.82 Å². The van der Waals surface area contributed by atoms with Gasteiger partial charge in [-0.3, -0.25) is 10.1 Å². The van der Waals surface area contributed by atoms with Crippen LogP contribution in [0.4, 0.5) is 11.5 Å². The number of anilines is 1. The number of fused-ring (bicyclic) bond motifs is 1. The molecule has 0 spiro atoms. The van der Waals surface area contributed by atoms with Crippen LogP contribution in [0.25, 0.3) is 23.1 Å². The number of rotatable bonds is 11. The molecule has 1 N–H and O–H groups in total. The first kappa shape index (κ1) is 30.6. The van der Waals surface area contributed by atoms with Crippen molar-refractivity contribution in [3.8, 4) is 0 Å². The van der Waals surface area contributed by atoms with E-state index >= 15 is 0 Å². The van der Waals surface area contributed by atoms with Crippen LogP contribution in [0.1, 0.15) is 45.0 Å². The van der Waals surface area contributed by atoms with E-state index in [-0.39, 0.29) is 36.5 Å². The molecule has 0 fully saturated rings. The summed E-state index contributed by atoms with van der Waals surface area (Å²) in [4.78, 5) is 22.7. The summed E-state index contributed by atoms with van der Waals surface area (Å²) in [5.41, 5.74) is 1.53. The lowest BCUT2D eigenvalue weighted by molar-refractivity contribution is -0.384. The highest BCUT2D eigenvalue weighted by Crippen LogP contribution is 2.27. The Balaban J connectivity index is 0.00000306. The lowest BCUT2D eigenvalue weighted by atomic mass is 10.1. The Bertz CT molecular complexity index is 1140. The van der Waals surface area contributed by atoms with Crippen LogP contribution in [0.15, 0.2) is 42.5 Å². The van der Waals surface area contributed by atoms with E-state index in [1.165, 1.54) is 6.07 Å². The molecule has 35 heavy (non-hydrogen) atoms. The molecular formula is C25H32Cl3N5O2. The normalized spacial score (nSPS) is 11.8. The van der Waals surface area contributed by atoms with E-state index in [0.717, 1.165) is 38.0 Å². The summed E-state index contributed by atoms with van der Waals surface area (Å²) in [5.74, 6) is 1.12. The number of hydrogen-bond donors (Lipinski definition) is 1. The molecule has 1 unspecified atom stereocenters. The Hall–Kier alpha value is -2.45. The van der Waals surface area contributed by atoms with E-state index in [0.29, 0.717) is 27.6 Å². The van der Waals surface area contributed by atoms with Gasteiger partial charge in [-0.1, -0.05) is 57.0 Å². The van der Waals surface area contributed by atoms with Crippen molar-refractivity contribution in [2.45, 2.75) is 39.7 Å². The minimum absolute atomic E-state index is 0. The molecule has 10 heteroatoms. The van der Waals surface area contributed by atoms with Crippen molar-refractivity contribution >= 4 is 71.0 Å². The maximum atomic E-state index is 11.4. The second-order valence-electron chi connectivity index (χ2n) is 7.86. The summed E-state index contributed by atoms with van der Waals surface area (Å²) in [7, 11) is 0. The van der Waals surface area contributed by atoms with Gasteiger partial charge in [-0.25, -0.2) is 9.97 Å². The Kier molecular flexibility index (Phi) is 13.0. The zero-order chi connectivity index (χ0) is 23.8. The number of benzene rings is 2. The fraction of sp³-hybridized carbons (Fsp3) is 0.360. The number of halogens is 3. The van der Waals surface area contributed by atoms with Crippen molar-refractivity contribution in [1.82, 2.24) is 14.9 Å². The Morgan fingerprint density at radius 3 is 2.43 bits per heavy atom. The van der Waals surface area contributed by atoms with Crippen LogP contribution in [-0.4, -0.2) is 45.5 Å². The minimum Gasteiger partial charge on any atom is -0.365 e. The highest BCUT2D eigenvalue weighted by atomic mass is 35.5. The third kappa shape index (κ3) is 8.32. The van der Waals surface area contributed by atoms with E-state index in [1.54, 1.807) is 12.1 Å². The second-order valence-corrected chi connectivity index (χ2v) is 8.27. The number of likely N-dealkylation sites (N-methyl/N-ethyl adjacent to an activating group) is 1. The standard InChI is InChI=1S/C25H30ClN5O2.2ClH/c1-4-9-19(17-30(5-2)6-3)27-25-21-16-20(31(32)33)13-14-23(21)28-24(29-25)15-12-18-10-7-8-11-22(18)26;;/h7-8,10-16,19H,4-6,9,17H2,1-3H3,(H,27,28,29);2*1H/b15-12+;;. The number of nitro benzene ring substituents is 1. The number of nitrogens with one attached hydrogen (secondary N) is 1. The van der Waals surface area contributed by atoms with Crippen LogP contribution in [0, 0.1) is 10.1 Å². The first-order valence-electron chi connectivity index (χ1n) is 11.3. The predicted octanol–water partition coefficient (Wildman–Crippen LogP) is 7.13. The van der Waals surface area contributed by atoms with Gasteiger partial charge >= 0.3 is 0 Å². The van der Waals surface area contributed by atoms with Gasteiger partial charge < -0.3 is 10.2 Å². The van der Waals surface area contributed by atoms with Gasteiger partial charge in [-0.2, -0.15) is 0 Å². The summed E-state index contributed by atoms with van der Waals surface area (Å²) in [5, 5.41) is 16.2. The van der Waals surface area contributed by atoms with E-state index in [9.17, 15) is 10.1 Å². The number of nitrogens with zero attached hydrogens (tertiary/aromatic N) is 4. The zero-order valence-electron chi connectivity index (χ0n) is 20.1. The quantitative estimate of drug-likeness (QED) is 0.206. The van der Waals surface area contributed by atoms with Gasteiger partial charge in [0.05, 0.1) is 10.4 Å². The van der Waals surface area contributed by atoms with E-state index < -0.39 is 4.92 Å². The maximum absolute atomic E-state index is 11.4. The average molecular weight is 541 g/mol. The highest BCUT2D eigenvalue weighted by molar-refractivity contribution is 6.32. The van der Waals surface area contributed by atoms with Crippen LogP contribution in [-0.2, 0) is 0 Å². The van der Waals surface area contributed by atoms with Crippen LogP contribution in [0.2, 0.25) is 5.02 Å². The van der Waals surface area contributed by atoms with Crippen molar-refractivity contribution in [1.29, 1.82) is 0 Å². The average Bonchev–Trinajstić information content (AvgIpc) is 2.81. The Morgan fingerprint density at radius 1 is 1.09 bits per heavy atom. The van der Waals surface area contributed by atoms with Crippen molar-refractivity contribution in [2.24, 2.45) is 0 Å². The molecule has 1 heterocycles. The SMILES string of the molecule is CCCC(CN(CC)CC)Nc1nc(/C=C/c2ccccc2Cl)nc2ccc([N+](=O)[O-])cc12.Cl.Cl. The topological polar surface area (TPSA) is 84.2 Å². The Morgan fingerprint density at radius 2 is 1.80 bits per heavy atom. The molecule has 7 nitrogen and oxygen atoms in total. The van der Waals surface area contributed by atoms with Crippen molar-refractivity contribution in [3.63, 3.8) is 0 Å². The second kappa shape index (κ2) is 14.8. The molecule has 2 aromatic carbocycles. The molecule has 3 rings (SSSR count). The fourth-order valence-corrected chi connectivity index (χ4v) is 3.95. The summed E-state index contributed by atoms with van der Waals surface area (Å²) >= 11 is 6.27. The molecule has 0 saturated carbocycles. The summed E-state index contributed by atoms with van der Waals surface area (Å²) in [6.45, 7) is 9.23. The third-order valence-electron chi connectivity index (χ3n) is 5.58. The lowest BCUT2D eigenvalue weighted by Gasteiger charge is -2.26. The molecule has 1 atom stereocenters. The van der Waals surface area contributed by atoms with Crippen LogP contribution in [0.5, 0.6) is 0 Å². The first-order chi connectivity index (χ1) is 15.9. The van der Waals surface area contributed by atoms with E-state index in [1.807, 2.05) is 36.4 Å². The number of non-ortho nitro benzene ring substituents is 1. The van der Waals surface area contributed by atoms with Gasteiger partial charge in [-0.15, -0.1) is 24.8 Å². The summed E-state index contributed by atoms with van der Waals surface area (Å²) in [6.07, 6.45) is 5.66. The largest absolute Gasteiger partial charge is 0.365 e. The molecular weight excluding hydrogens is 509 g/mol. The Labute approximate surface area is 224 Å². The molecule has 0 bridgehead atoms. The molecule has 190 valence electrons. The van der Waals surface area contributed by atoms with Gasteiger partial charge in [0, 0.05) is 35.1 Å². The van der Waals surface area contributed by atoms with Crippen molar-refractivity contribution < 1.29 is 4.92 Å². The number of nitro groups is 1. The maximum Gasteiger partial charge on any atom is 0.270 e. The molecule has 0 aliphatic heterocycles. The number of hydrogen-bond acceptors (Lipinski definition) is 6. The molecule has 1 aromatic heterocycles. The number of aromatic nitrogens is 2. The summed E-state index contributed by atoms with van der Waals surface area (Å²) in [6, 6.07) is 12.4. The monoisotopic (exact) mass is 539 g/mol. The highest BCUT2D eigenvalue weighted by Gasteiger charge is 2.17. The first-order valence-corrected chi connectivity index (χ1v) is 11.7. The minimum atomic E-state index is -0.395. The molecule has 0 radical (unpaired) electrons. The third-order valence-corrected chi connectivity index (χ3v) is 5.92. The molecule has 0 aliphatic rings. The molecule has 3 aromatic rings. The smallest absolute Gasteiger partial charge is 0.270 e. The molecule has 0 saturated heterocycles. The van der Waals surface area contributed by atoms with Crippen molar-refractivity contribution in [3.05, 3.63) is 69.0 Å². The lowest BCUT2D eigenvalue weighted by Crippen LogP contribution is -2.36. The zero-order valence-corrected chi connectivity index (χ0v) is 22.5. The van der Waals surface area contributed by atoms with Crippen LogP contribution < -0.4 is 5.32 Å². The van der Waals surface area contributed by atoms with Crippen LogP contribution >= 0.6 is 36.4 Å².